The summed E-state index contributed by atoms with van der Waals surface area (Å²) in [5, 5.41) is 25.1. The zero-order chi connectivity index (χ0) is 36.5. The number of carbonyl (C=O) groups excluding carboxylic acids is 6. The van der Waals surface area contributed by atoms with E-state index in [1.54, 1.807) is 6.92 Å². The molecular formula is C33H54BN7O10. The van der Waals surface area contributed by atoms with Gasteiger partial charge in [-0.1, -0.05) is 0 Å². The lowest BCUT2D eigenvalue weighted by molar-refractivity contribution is -0.190. The molecule has 284 valence electrons. The summed E-state index contributed by atoms with van der Waals surface area (Å²) in [5.74, 6) is -2.58. The minimum atomic E-state index is -1.61. The molecule has 2 unspecified atom stereocenters. The molecule has 4 aliphatic heterocycles. The number of ketones is 1. The van der Waals surface area contributed by atoms with Gasteiger partial charge in [-0.2, -0.15) is 0 Å². The predicted molar refractivity (Wildman–Crippen MR) is 182 cm³/mol. The fourth-order valence-electron chi connectivity index (χ4n) is 7.71. The van der Waals surface area contributed by atoms with Gasteiger partial charge in [0, 0.05) is 71.4 Å². The first-order chi connectivity index (χ1) is 24.4. The van der Waals surface area contributed by atoms with E-state index in [-0.39, 0.29) is 67.9 Å². The van der Waals surface area contributed by atoms with Crippen LogP contribution in [0.3, 0.4) is 0 Å². The Balaban J connectivity index is 1.09. The van der Waals surface area contributed by atoms with Crippen LogP contribution in [0.15, 0.2) is 0 Å². The Morgan fingerprint density at radius 1 is 0.804 bits per heavy atom. The number of ether oxygens (including phenoxy) is 2. The van der Waals surface area contributed by atoms with E-state index < -0.39 is 37.3 Å². The standard InChI is InChI=1S/C33H54BN7O10/c1-23(33(47)41-8-2-3-27(41)34(48)49)36-32(46)25-6-4-24(5-7-25)18-35-28(43)20-38-11-15-39-13-9-37-10-14-40(16-12-38)22-30(45)51-31(17-26(42)19-37)50-29(44)21-39/h23-25,27,31,48-49H,2-22H2,1H3,(H,35,43)(H,36,46)/t23-,24-,25-,27+/m1/s1. The third-order valence-electron chi connectivity index (χ3n) is 10.8. The highest BCUT2D eigenvalue weighted by Crippen LogP contribution is 2.29. The lowest BCUT2D eigenvalue weighted by atomic mass is 9.77. The normalized spacial score (nSPS) is 31.9. The maximum atomic E-state index is 13.2. The lowest BCUT2D eigenvalue weighted by Gasteiger charge is -2.33. The van der Waals surface area contributed by atoms with Gasteiger partial charge in [-0.25, -0.2) is 0 Å². The van der Waals surface area contributed by atoms with E-state index >= 15 is 0 Å². The SMILES string of the molecule is C[C@@H](NC(=O)[C@H]1CC[C@H](CNC(=O)CN2CCN3CCN4CCN(CC2)CC(=O)OC(CC(=O)C4)OC(=O)C3)CC1)C(=O)N1CCC[C@H]1B(O)O. The number of likely N-dealkylation sites (tertiary alicyclic amines) is 1. The molecule has 4 saturated heterocycles. The van der Waals surface area contributed by atoms with Crippen LogP contribution < -0.4 is 10.6 Å². The first-order valence-corrected chi connectivity index (χ1v) is 18.5. The average molecular weight is 720 g/mol. The molecule has 5 rings (SSSR count). The first-order valence-electron chi connectivity index (χ1n) is 18.5. The van der Waals surface area contributed by atoms with Gasteiger partial charge in [-0.15, -0.1) is 0 Å². The van der Waals surface area contributed by atoms with Crippen LogP contribution in [-0.2, 0) is 38.2 Å². The fourth-order valence-corrected chi connectivity index (χ4v) is 7.71. The van der Waals surface area contributed by atoms with Gasteiger partial charge in [-0.05, 0) is 51.4 Å². The number of hydrogen-bond acceptors (Lipinski definition) is 14. The summed E-state index contributed by atoms with van der Waals surface area (Å²) < 4.78 is 10.9. The van der Waals surface area contributed by atoms with Crippen molar-refractivity contribution in [3.8, 4) is 0 Å². The van der Waals surface area contributed by atoms with Crippen molar-refractivity contribution in [1.82, 2.24) is 35.1 Å². The van der Waals surface area contributed by atoms with Crippen molar-refractivity contribution in [2.45, 2.75) is 70.1 Å². The summed E-state index contributed by atoms with van der Waals surface area (Å²) >= 11 is 0. The molecule has 3 amide bonds. The summed E-state index contributed by atoms with van der Waals surface area (Å²) in [6.07, 6.45) is 2.59. The average Bonchev–Trinajstić information content (AvgIpc) is 3.57. The third kappa shape index (κ3) is 11.7. The molecule has 4 heterocycles. The van der Waals surface area contributed by atoms with Crippen molar-refractivity contribution in [2.75, 3.05) is 91.6 Å². The minimum Gasteiger partial charge on any atom is -0.426 e. The Labute approximate surface area is 299 Å². The van der Waals surface area contributed by atoms with E-state index in [2.05, 4.69) is 15.5 Å². The van der Waals surface area contributed by atoms with Crippen LogP contribution >= 0.6 is 0 Å². The van der Waals surface area contributed by atoms with Crippen LogP contribution in [0.1, 0.15) is 51.9 Å². The molecule has 0 aromatic heterocycles. The predicted octanol–water partition coefficient (Wildman–Crippen LogP) is -2.96. The maximum Gasteiger partial charge on any atom is 0.475 e. The van der Waals surface area contributed by atoms with E-state index in [9.17, 15) is 38.8 Å². The number of carbonyl (C=O) groups is 6. The van der Waals surface area contributed by atoms with E-state index in [0.29, 0.717) is 91.1 Å². The summed E-state index contributed by atoms with van der Waals surface area (Å²) in [5.41, 5.74) is 0. The van der Waals surface area contributed by atoms with Gasteiger partial charge in [0.1, 0.15) is 6.04 Å². The van der Waals surface area contributed by atoms with Crippen molar-refractivity contribution in [3.63, 3.8) is 0 Å². The zero-order valence-electron chi connectivity index (χ0n) is 29.7. The Bertz CT molecular complexity index is 1230. The molecule has 0 aromatic carbocycles. The molecule has 1 saturated carbocycles. The van der Waals surface area contributed by atoms with Gasteiger partial charge >= 0.3 is 19.1 Å². The number of fused-ring (bicyclic) bond motifs is 7. The van der Waals surface area contributed by atoms with Gasteiger partial charge in [-0.3, -0.25) is 48.4 Å². The Morgan fingerprint density at radius 3 is 1.96 bits per heavy atom. The molecule has 51 heavy (non-hydrogen) atoms. The molecule has 4 bridgehead atoms. The molecule has 1 aliphatic carbocycles. The second-order valence-electron chi connectivity index (χ2n) is 14.7. The van der Waals surface area contributed by atoms with Crippen LogP contribution in [0.2, 0.25) is 0 Å². The molecule has 5 fully saturated rings. The molecule has 18 heteroatoms. The van der Waals surface area contributed by atoms with Gasteiger partial charge in [0.25, 0.3) is 6.29 Å². The first kappa shape index (κ1) is 39.1. The van der Waals surface area contributed by atoms with E-state index in [1.807, 2.05) is 14.7 Å². The van der Waals surface area contributed by atoms with Crippen LogP contribution in [0.4, 0.5) is 0 Å². The number of Topliss-reactive ketones (excluding diaryl/α,β-unsaturated/α-hetero) is 1. The maximum absolute atomic E-state index is 13.2. The van der Waals surface area contributed by atoms with Crippen molar-refractivity contribution in [3.05, 3.63) is 0 Å². The number of rotatable bonds is 8. The van der Waals surface area contributed by atoms with E-state index in [1.165, 1.54) is 4.90 Å². The Hall–Kier alpha value is -3.16. The topological polar surface area (TPSA) is 202 Å². The second-order valence-corrected chi connectivity index (χ2v) is 14.7. The van der Waals surface area contributed by atoms with Crippen LogP contribution in [0, 0.1) is 11.8 Å². The molecule has 0 aromatic rings. The Kier molecular flexibility index (Phi) is 14.2. The molecule has 4 N–H and O–H groups in total. The number of nitrogens with zero attached hydrogens (tertiary/aromatic N) is 5. The minimum absolute atomic E-state index is 0.0229. The van der Waals surface area contributed by atoms with Crippen LogP contribution in [0.5, 0.6) is 0 Å². The summed E-state index contributed by atoms with van der Waals surface area (Å²) in [6, 6.07) is -0.763. The highest BCUT2D eigenvalue weighted by Gasteiger charge is 2.39. The van der Waals surface area contributed by atoms with E-state index in [4.69, 9.17) is 9.47 Å². The molecule has 0 radical (unpaired) electrons. The summed E-state index contributed by atoms with van der Waals surface area (Å²) in [4.78, 5) is 86.8. The van der Waals surface area contributed by atoms with Crippen molar-refractivity contribution < 1.29 is 48.3 Å². The van der Waals surface area contributed by atoms with Gasteiger partial charge in [0.2, 0.25) is 17.7 Å². The molecular weight excluding hydrogens is 665 g/mol. The number of amides is 3. The van der Waals surface area contributed by atoms with Gasteiger partial charge in [0.15, 0.2) is 5.78 Å². The largest absolute Gasteiger partial charge is 0.475 e. The molecule has 4 atom stereocenters. The molecule has 5 aliphatic rings. The quantitative estimate of drug-likeness (QED) is 0.146. The number of esters is 2. The smallest absolute Gasteiger partial charge is 0.426 e. The van der Waals surface area contributed by atoms with Gasteiger partial charge in [0.05, 0.1) is 38.5 Å². The monoisotopic (exact) mass is 719 g/mol. The summed E-state index contributed by atoms with van der Waals surface area (Å²) in [7, 11) is -1.61. The van der Waals surface area contributed by atoms with E-state index in [0.717, 1.165) is 12.8 Å². The Morgan fingerprint density at radius 2 is 1.37 bits per heavy atom. The molecule has 17 nitrogen and oxygen atoms in total. The number of nitrogens with one attached hydrogen (secondary N) is 2. The summed E-state index contributed by atoms with van der Waals surface area (Å²) in [6.45, 7) is 7.10. The second kappa shape index (κ2) is 18.6. The zero-order valence-corrected chi connectivity index (χ0v) is 29.7. The highest BCUT2D eigenvalue weighted by atomic mass is 16.7. The van der Waals surface area contributed by atoms with Crippen LogP contribution in [-0.4, -0.2) is 187 Å². The van der Waals surface area contributed by atoms with Crippen molar-refractivity contribution in [2.24, 2.45) is 11.8 Å². The van der Waals surface area contributed by atoms with Gasteiger partial charge < -0.3 is 35.1 Å². The number of hydrogen-bond donors (Lipinski definition) is 4. The highest BCUT2D eigenvalue weighted by molar-refractivity contribution is 6.43. The van der Waals surface area contributed by atoms with Crippen molar-refractivity contribution in [1.29, 1.82) is 0 Å². The van der Waals surface area contributed by atoms with Crippen LogP contribution in [0.25, 0.3) is 0 Å². The lowest BCUT2D eigenvalue weighted by Crippen LogP contribution is -2.53. The fraction of sp³-hybridized carbons (Fsp3) is 0.818. The molecule has 0 spiro atoms. The third-order valence-corrected chi connectivity index (χ3v) is 10.8. The van der Waals surface area contributed by atoms with Crippen molar-refractivity contribution >= 4 is 42.6 Å².